The Morgan fingerprint density at radius 2 is 1.59 bits per heavy atom. The minimum atomic E-state index is -0.438. The van der Waals surface area contributed by atoms with E-state index in [-0.39, 0.29) is 24.0 Å². The summed E-state index contributed by atoms with van der Waals surface area (Å²) in [6.45, 7) is 2.08. The third-order valence-corrected chi connectivity index (χ3v) is 5.13. The second-order valence-electron chi connectivity index (χ2n) is 7.49. The predicted molar refractivity (Wildman–Crippen MR) is 124 cm³/mol. The fourth-order valence-electron chi connectivity index (χ4n) is 3.47. The van der Waals surface area contributed by atoms with E-state index >= 15 is 0 Å². The van der Waals surface area contributed by atoms with Crippen LogP contribution in [-0.2, 0) is 9.53 Å². The first-order valence-corrected chi connectivity index (χ1v) is 10.3. The molecule has 3 aromatic rings. The summed E-state index contributed by atoms with van der Waals surface area (Å²) < 4.78 is 5.31. The second kappa shape index (κ2) is 9.34. The summed E-state index contributed by atoms with van der Waals surface area (Å²) in [5.74, 6) is -0.164. The predicted octanol–water partition coefficient (Wildman–Crippen LogP) is 3.92. The number of nitrogens with zero attached hydrogens (tertiary/aromatic N) is 1. The summed E-state index contributed by atoms with van der Waals surface area (Å²) in [4.78, 5) is 37.3. The molecule has 0 aromatic heterocycles. The first-order chi connectivity index (χ1) is 15.5. The first kappa shape index (κ1) is 21.1. The molecule has 2 amide bonds. The molecule has 1 aliphatic heterocycles. The van der Waals surface area contributed by atoms with E-state index in [2.05, 4.69) is 10.6 Å². The Hall–Kier alpha value is -4.13. The molecule has 0 saturated carbocycles. The third-order valence-electron chi connectivity index (χ3n) is 5.13. The lowest BCUT2D eigenvalue weighted by Crippen LogP contribution is -2.33. The van der Waals surface area contributed by atoms with Crippen LogP contribution in [0.15, 0.2) is 83.7 Å². The number of carbonyl (C=O) groups excluding carboxylic acids is 2. The van der Waals surface area contributed by atoms with Crippen molar-refractivity contribution in [3.63, 3.8) is 0 Å². The number of hydrogen-bond donors (Lipinski definition) is 2. The zero-order valence-corrected chi connectivity index (χ0v) is 17.6. The van der Waals surface area contributed by atoms with Gasteiger partial charge in [0.15, 0.2) is 0 Å². The van der Waals surface area contributed by atoms with Crippen LogP contribution >= 0.6 is 0 Å². The molecule has 7 nitrogen and oxygen atoms in total. The normalized spacial score (nSPS) is 15.2. The molecule has 0 radical (unpaired) electrons. The average Bonchev–Trinajstić information content (AvgIpc) is 3.08. The zero-order valence-electron chi connectivity index (χ0n) is 17.6. The molecule has 1 saturated heterocycles. The maximum Gasteiger partial charge on any atom is 0.414 e. The van der Waals surface area contributed by atoms with Gasteiger partial charge in [-0.25, -0.2) is 4.79 Å². The first-order valence-electron chi connectivity index (χ1n) is 10.3. The Balaban J connectivity index is 1.49. The van der Waals surface area contributed by atoms with Gasteiger partial charge in [0, 0.05) is 18.3 Å². The third kappa shape index (κ3) is 4.95. The van der Waals surface area contributed by atoms with E-state index in [9.17, 15) is 14.4 Å². The summed E-state index contributed by atoms with van der Waals surface area (Å²) >= 11 is 0. The highest BCUT2D eigenvalue weighted by Gasteiger charge is 2.32. The Bertz CT molecular complexity index is 1180. The average molecular weight is 429 g/mol. The summed E-state index contributed by atoms with van der Waals surface area (Å²) in [5.41, 5.74) is 3.72. The van der Waals surface area contributed by atoms with E-state index in [1.54, 1.807) is 23.1 Å². The standard InChI is InChI=1S/C25H23N3O4/c1-17(29)26-15-22-16-28(25(31)32-22)21-11-7-18(8-12-21)19-9-13-23(24(30)14-10-19)27-20-5-3-2-4-6-20/h2-14,22H,15-16H2,1H3,(H,26,29)(H,27,30)/t22-/m0/s1. The number of rotatable bonds is 6. The lowest BCUT2D eigenvalue weighted by Gasteiger charge is -2.13. The van der Waals surface area contributed by atoms with Gasteiger partial charge in [-0.2, -0.15) is 0 Å². The Morgan fingerprint density at radius 1 is 0.938 bits per heavy atom. The van der Waals surface area contributed by atoms with Crippen LogP contribution in [0.25, 0.3) is 11.1 Å². The van der Waals surface area contributed by atoms with Gasteiger partial charge in [-0.1, -0.05) is 42.5 Å². The Kier molecular flexibility index (Phi) is 6.17. The van der Waals surface area contributed by atoms with Crippen molar-refractivity contribution >= 4 is 29.1 Å². The zero-order chi connectivity index (χ0) is 22.5. The van der Waals surface area contributed by atoms with E-state index in [1.165, 1.54) is 6.92 Å². The molecule has 1 atom stereocenters. The highest BCUT2D eigenvalue weighted by molar-refractivity contribution is 5.90. The number of hydrogen-bond acceptors (Lipinski definition) is 5. The van der Waals surface area contributed by atoms with Gasteiger partial charge in [0.2, 0.25) is 11.3 Å². The second-order valence-corrected chi connectivity index (χ2v) is 7.49. The number of benzene rings is 2. The number of carbonyl (C=O) groups is 2. The summed E-state index contributed by atoms with van der Waals surface area (Å²) in [7, 11) is 0. The molecule has 4 rings (SSSR count). The maximum absolute atomic E-state index is 12.5. The van der Waals surface area contributed by atoms with E-state index in [4.69, 9.17) is 4.74 Å². The largest absolute Gasteiger partial charge is 0.442 e. The number of cyclic esters (lactones) is 1. The van der Waals surface area contributed by atoms with E-state index < -0.39 is 6.09 Å². The van der Waals surface area contributed by atoms with E-state index in [0.29, 0.717) is 17.9 Å². The van der Waals surface area contributed by atoms with Crippen LogP contribution in [0.1, 0.15) is 6.92 Å². The minimum Gasteiger partial charge on any atom is -0.442 e. The van der Waals surface area contributed by atoms with Crippen LogP contribution in [0.3, 0.4) is 0 Å². The summed E-state index contributed by atoms with van der Waals surface area (Å²) in [6.07, 6.45) is -0.822. The molecular weight excluding hydrogens is 406 g/mol. The summed E-state index contributed by atoms with van der Waals surface area (Å²) in [5, 5.41) is 5.81. The number of amides is 2. The van der Waals surface area contributed by atoms with Gasteiger partial charge in [0.05, 0.1) is 18.8 Å². The molecule has 7 heteroatoms. The molecule has 1 heterocycles. The Labute approximate surface area is 185 Å². The SMILES string of the molecule is CC(=O)NC[C@H]1CN(c2ccc(-c3ccc(Nc4ccccc4)c(=O)cc3)cc2)C(=O)O1. The van der Waals surface area contributed by atoms with Crippen molar-refractivity contribution in [2.24, 2.45) is 0 Å². The van der Waals surface area contributed by atoms with Gasteiger partial charge in [0.25, 0.3) is 0 Å². The molecule has 162 valence electrons. The number of para-hydroxylation sites is 1. The van der Waals surface area contributed by atoms with Gasteiger partial charge in [-0.15, -0.1) is 0 Å². The van der Waals surface area contributed by atoms with Crippen molar-refractivity contribution < 1.29 is 14.3 Å². The van der Waals surface area contributed by atoms with Crippen molar-refractivity contribution in [2.45, 2.75) is 13.0 Å². The van der Waals surface area contributed by atoms with Crippen LogP contribution < -0.4 is 21.0 Å². The maximum atomic E-state index is 12.5. The Morgan fingerprint density at radius 3 is 2.28 bits per heavy atom. The van der Waals surface area contributed by atoms with Crippen molar-refractivity contribution in [3.8, 4) is 11.1 Å². The quantitative estimate of drug-likeness (QED) is 0.620. The summed E-state index contributed by atoms with van der Waals surface area (Å²) in [6, 6.07) is 24.0. The molecule has 1 aliphatic rings. The highest BCUT2D eigenvalue weighted by atomic mass is 16.6. The van der Waals surface area contributed by atoms with Crippen molar-refractivity contribution in [3.05, 3.63) is 89.1 Å². The fraction of sp³-hybridized carbons (Fsp3) is 0.160. The molecule has 32 heavy (non-hydrogen) atoms. The molecule has 1 fully saturated rings. The van der Waals surface area contributed by atoms with Crippen LogP contribution in [-0.4, -0.2) is 31.2 Å². The molecule has 0 bridgehead atoms. The van der Waals surface area contributed by atoms with Crippen LogP contribution in [0.2, 0.25) is 0 Å². The van der Waals surface area contributed by atoms with Crippen molar-refractivity contribution in [2.75, 3.05) is 23.3 Å². The van der Waals surface area contributed by atoms with Gasteiger partial charge in [-0.3, -0.25) is 14.5 Å². The monoisotopic (exact) mass is 429 g/mol. The fourth-order valence-corrected chi connectivity index (χ4v) is 3.47. The smallest absolute Gasteiger partial charge is 0.414 e. The highest BCUT2D eigenvalue weighted by Crippen LogP contribution is 2.26. The lowest BCUT2D eigenvalue weighted by molar-refractivity contribution is -0.119. The van der Waals surface area contributed by atoms with Crippen LogP contribution in [0.4, 0.5) is 21.9 Å². The van der Waals surface area contributed by atoms with Gasteiger partial charge in [0.1, 0.15) is 6.10 Å². The van der Waals surface area contributed by atoms with Crippen LogP contribution in [0, 0.1) is 0 Å². The van der Waals surface area contributed by atoms with Gasteiger partial charge in [-0.05, 0) is 47.5 Å². The number of ether oxygens (including phenoxy) is 1. The molecule has 3 aromatic carbocycles. The molecule has 0 aliphatic carbocycles. The molecule has 0 spiro atoms. The molecule has 0 unspecified atom stereocenters. The van der Waals surface area contributed by atoms with Crippen molar-refractivity contribution in [1.29, 1.82) is 0 Å². The number of anilines is 3. The number of nitrogens with one attached hydrogen (secondary N) is 2. The molecular formula is C25H23N3O4. The molecule has 2 N–H and O–H groups in total. The van der Waals surface area contributed by atoms with Gasteiger partial charge < -0.3 is 15.4 Å². The minimum absolute atomic E-state index is 0.109. The van der Waals surface area contributed by atoms with Crippen LogP contribution in [0.5, 0.6) is 0 Å². The lowest BCUT2D eigenvalue weighted by atomic mass is 10.1. The van der Waals surface area contributed by atoms with E-state index in [1.807, 2.05) is 60.7 Å². The topological polar surface area (TPSA) is 87.7 Å². The van der Waals surface area contributed by atoms with Gasteiger partial charge >= 0.3 is 6.09 Å². The van der Waals surface area contributed by atoms with E-state index in [0.717, 1.165) is 16.8 Å². The van der Waals surface area contributed by atoms with Crippen molar-refractivity contribution in [1.82, 2.24) is 5.32 Å².